The van der Waals surface area contributed by atoms with Gasteiger partial charge in [-0.1, -0.05) is 0 Å². The topological polar surface area (TPSA) is 127 Å². The molecule has 0 aliphatic carbocycles. The molecule has 5 N–H and O–H groups in total. The average molecular weight is 253 g/mol. The number of pyridine rings is 2. The van der Waals surface area contributed by atoms with Crippen molar-refractivity contribution in [2.45, 2.75) is 0 Å². The molecule has 0 aliphatic rings. The highest BCUT2D eigenvalue weighted by molar-refractivity contribution is 5.67. The summed E-state index contributed by atoms with van der Waals surface area (Å²) in [6.07, 6.45) is 1.88. The summed E-state index contributed by atoms with van der Waals surface area (Å²) in [6.45, 7) is 0. The van der Waals surface area contributed by atoms with Crippen molar-refractivity contribution >= 4 is 0 Å². The van der Waals surface area contributed by atoms with E-state index in [0.717, 1.165) is 24.5 Å². The van der Waals surface area contributed by atoms with Crippen molar-refractivity contribution in [3.05, 3.63) is 34.7 Å². The van der Waals surface area contributed by atoms with Crippen molar-refractivity contribution in [3.8, 4) is 28.6 Å². The summed E-state index contributed by atoms with van der Waals surface area (Å²) >= 11 is 0. The maximum absolute atomic E-state index is 11.3. The molecular weight excluding hydrogens is 244 g/mol. The lowest BCUT2D eigenvalue weighted by molar-refractivity contribution is -0.896. The predicted octanol–water partition coefficient (Wildman–Crippen LogP) is -0.606. The summed E-state index contributed by atoms with van der Waals surface area (Å²) in [5.41, 5.74) is -1.91. The minimum atomic E-state index is -0.885. The minimum absolute atomic E-state index is 0.331. The molecule has 8 heteroatoms. The molecule has 8 nitrogen and oxygen atoms in total. The second-order valence-electron chi connectivity index (χ2n) is 3.46. The van der Waals surface area contributed by atoms with Gasteiger partial charge in [-0.15, -0.1) is 0 Å². The molecule has 0 atom stereocenters. The molecule has 2 aromatic rings. The van der Waals surface area contributed by atoms with Crippen LogP contribution in [0.25, 0.3) is 11.4 Å². The molecule has 0 aliphatic heterocycles. The van der Waals surface area contributed by atoms with E-state index < -0.39 is 34.1 Å². The Balaban J connectivity index is 2.90. The molecule has 0 radical (unpaired) electrons. The number of aromatic hydroxyl groups is 3. The van der Waals surface area contributed by atoms with Crippen LogP contribution in [-0.4, -0.2) is 30.5 Å². The summed E-state index contributed by atoms with van der Waals surface area (Å²) in [5, 5.41) is 47.5. The molecular formula is C10H9N2O6+. The molecule has 0 bridgehead atoms. The first kappa shape index (κ1) is 11.6. The van der Waals surface area contributed by atoms with Gasteiger partial charge < -0.3 is 20.5 Å². The highest BCUT2D eigenvalue weighted by Gasteiger charge is 2.29. The predicted molar refractivity (Wildman–Crippen MR) is 55.7 cm³/mol. The van der Waals surface area contributed by atoms with Crippen LogP contribution in [0.2, 0.25) is 0 Å². The van der Waals surface area contributed by atoms with Crippen LogP contribution in [0.5, 0.6) is 17.2 Å². The van der Waals surface area contributed by atoms with E-state index in [1.54, 1.807) is 0 Å². The fourth-order valence-electron chi connectivity index (χ4n) is 1.48. The van der Waals surface area contributed by atoms with Gasteiger partial charge in [0.15, 0.2) is 11.5 Å². The number of nitrogens with zero attached hydrogens (tertiary/aromatic N) is 2. The molecule has 0 aromatic carbocycles. The fourth-order valence-corrected chi connectivity index (χ4v) is 1.48. The highest BCUT2D eigenvalue weighted by atomic mass is 16.5. The van der Waals surface area contributed by atoms with Gasteiger partial charge in [-0.3, -0.25) is 10.0 Å². The van der Waals surface area contributed by atoms with Crippen LogP contribution in [-0.2, 0) is 0 Å². The Morgan fingerprint density at radius 2 is 1.78 bits per heavy atom. The second-order valence-corrected chi connectivity index (χ2v) is 3.46. The van der Waals surface area contributed by atoms with Crippen LogP contribution in [0, 0.1) is 0 Å². The van der Waals surface area contributed by atoms with E-state index >= 15 is 0 Å². The van der Waals surface area contributed by atoms with Gasteiger partial charge in [0.1, 0.15) is 0 Å². The molecule has 94 valence electrons. The van der Waals surface area contributed by atoms with E-state index in [2.05, 4.69) is 0 Å². The van der Waals surface area contributed by atoms with Gasteiger partial charge in [0.05, 0.1) is 6.07 Å². The Hall–Kier alpha value is -2.90. The monoisotopic (exact) mass is 253 g/mol. The standard InChI is InChI=1S/C10H8N2O6/c13-5-1-3-11(17)7(9(5)15)8-10(16)6(14)2-4-12(8)18/h1-4,17-18H,(H2,13,14,15,16)/p+1. The Kier molecular flexibility index (Phi) is 2.47. The number of hydrogen-bond acceptors (Lipinski definition) is 6. The molecule has 2 heterocycles. The van der Waals surface area contributed by atoms with E-state index in [1.165, 1.54) is 0 Å². The van der Waals surface area contributed by atoms with Crippen molar-refractivity contribution in [3.63, 3.8) is 0 Å². The Morgan fingerprint density at radius 3 is 2.44 bits per heavy atom. The van der Waals surface area contributed by atoms with Crippen LogP contribution < -0.4 is 10.2 Å². The molecule has 0 unspecified atom stereocenters. The molecule has 2 rings (SSSR count). The fraction of sp³-hybridized carbons (Fsp3) is 0. The zero-order chi connectivity index (χ0) is 13.4. The van der Waals surface area contributed by atoms with Crippen LogP contribution in [0.1, 0.15) is 0 Å². The Morgan fingerprint density at radius 1 is 1.11 bits per heavy atom. The number of hydrogen-bond donors (Lipinski definition) is 5. The average Bonchev–Trinajstić information content (AvgIpc) is 2.33. The summed E-state index contributed by atoms with van der Waals surface area (Å²) in [5.74, 6) is -2.28. The Bertz CT molecular complexity index is 679. The van der Waals surface area contributed by atoms with Gasteiger partial charge >= 0.3 is 5.69 Å². The first-order chi connectivity index (χ1) is 8.43. The lowest BCUT2D eigenvalue weighted by Gasteiger charge is -2.06. The van der Waals surface area contributed by atoms with Gasteiger partial charge in [-0.05, 0) is 0 Å². The zero-order valence-corrected chi connectivity index (χ0v) is 8.85. The summed E-state index contributed by atoms with van der Waals surface area (Å²) in [4.78, 5) is 11.3. The third-order valence-electron chi connectivity index (χ3n) is 2.35. The van der Waals surface area contributed by atoms with Gasteiger partial charge in [0, 0.05) is 17.0 Å². The maximum Gasteiger partial charge on any atom is 0.333 e. The quantitative estimate of drug-likeness (QED) is 0.341. The second kappa shape index (κ2) is 3.84. The molecule has 18 heavy (non-hydrogen) atoms. The van der Waals surface area contributed by atoms with Crippen LogP contribution in [0.3, 0.4) is 0 Å². The highest BCUT2D eigenvalue weighted by Crippen LogP contribution is 2.35. The SMILES string of the molecule is O=c1ccn(O)c(-c2c(O)c(O)cc[n+]2O)c1O. The number of rotatable bonds is 1. The van der Waals surface area contributed by atoms with E-state index in [1.807, 2.05) is 0 Å². The normalized spacial score (nSPS) is 10.4. The maximum atomic E-state index is 11.3. The first-order valence-electron chi connectivity index (χ1n) is 4.73. The van der Waals surface area contributed by atoms with Crippen LogP contribution in [0.15, 0.2) is 29.3 Å². The van der Waals surface area contributed by atoms with Crippen LogP contribution in [0.4, 0.5) is 0 Å². The summed E-state index contributed by atoms with van der Waals surface area (Å²) in [6, 6.07) is 1.87. The number of aromatic nitrogens is 2. The van der Waals surface area contributed by atoms with Crippen molar-refractivity contribution in [1.29, 1.82) is 0 Å². The van der Waals surface area contributed by atoms with Gasteiger partial charge in [0.2, 0.25) is 23.1 Å². The molecule has 2 aromatic heterocycles. The molecule has 0 saturated carbocycles. The zero-order valence-electron chi connectivity index (χ0n) is 8.85. The molecule has 0 fully saturated rings. The van der Waals surface area contributed by atoms with Crippen molar-refractivity contribution in [1.82, 2.24) is 4.73 Å². The van der Waals surface area contributed by atoms with Gasteiger partial charge in [-0.2, -0.15) is 4.73 Å². The Labute approximate surface area is 99.4 Å². The first-order valence-corrected chi connectivity index (χ1v) is 4.73. The molecule has 0 saturated heterocycles. The third kappa shape index (κ3) is 1.56. The van der Waals surface area contributed by atoms with Crippen molar-refractivity contribution in [2.75, 3.05) is 0 Å². The van der Waals surface area contributed by atoms with Crippen molar-refractivity contribution < 1.29 is 30.5 Å². The lowest BCUT2D eigenvalue weighted by Crippen LogP contribution is -2.33. The molecule has 0 spiro atoms. The van der Waals surface area contributed by atoms with Gasteiger partial charge in [0.25, 0.3) is 0 Å². The van der Waals surface area contributed by atoms with Crippen molar-refractivity contribution in [2.24, 2.45) is 0 Å². The van der Waals surface area contributed by atoms with E-state index in [0.29, 0.717) is 9.46 Å². The molecule has 0 amide bonds. The van der Waals surface area contributed by atoms with E-state index in [9.17, 15) is 30.5 Å². The third-order valence-corrected chi connectivity index (χ3v) is 2.35. The largest absolute Gasteiger partial charge is 0.504 e. The minimum Gasteiger partial charge on any atom is -0.504 e. The van der Waals surface area contributed by atoms with E-state index in [4.69, 9.17) is 0 Å². The lowest BCUT2D eigenvalue weighted by atomic mass is 10.2. The summed E-state index contributed by atoms with van der Waals surface area (Å²) < 4.78 is 0.675. The van der Waals surface area contributed by atoms with Gasteiger partial charge in [-0.25, -0.2) is 0 Å². The summed E-state index contributed by atoms with van der Waals surface area (Å²) in [7, 11) is 0. The van der Waals surface area contributed by atoms with Crippen LogP contribution >= 0.6 is 0 Å². The smallest absolute Gasteiger partial charge is 0.333 e. The van der Waals surface area contributed by atoms with E-state index in [-0.39, 0.29) is 0 Å².